The van der Waals surface area contributed by atoms with Crippen molar-refractivity contribution < 1.29 is 8.42 Å². The highest BCUT2D eigenvalue weighted by atomic mass is 32.2. The number of rotatable bonds is 7. The smallest absolute Gasteiger partial charge is 0.214 e. The Morgan fingerprint density at radius 1 is 1.24 bits per heavy atom. The monoisotopic (exact) mass is 308 g/mol. The van der Waals surface area contributed by atoms with Gasteiger partial charge in [-0.05, 0) is 31.0 Å². The number of anilines is 1. The first-order valence-corrected chi connectivity index (χ1v) is 8.26. The summed E-state index contributed by atoms with van der Waals surface area (Å²) in [4.78, 5) is 0. The minimum Gasteiger partial charge on any atom is -0.367 e. The fourth-order valence-corrected chi connectivity index (χ4v) is 3.21. The molecule has 1 aliphatic rings. The van der Waals surface area contributed by atoms with Crippen LogP contribution >= 0.6 is 0 Å². The van der Waals surface area contributed by atoms with Gasteiger partial charge in [-0.1, -0.05) is 0 Å². The standard InChI is InChI=1S/C12H16N6O2S/c19-21(20,10-2-3-10)15-8-7-13-11-4-5-12(17-16-11)18-9-1-6-14-18/h1,4-6,9-10,15H,2-3,7-8H2,(H,13,16). The van der Waals surface area contributed by atoms with Gasteiger partial charge in [0, 0.05) is 25.5 Å². The van der Waals surface area contributed by atoms with E-state index in [4.69, 9.17) is 0 Å². The first kappa shape index (κ1) is 14.0. The quantitative estimate of drug-likeness (QED) is 0.706. The third-order valence-electron chi connectivity index (χ3n) is 3.09. The highest BCUT2D eigenvalue weighted by molar-refractivity contribution is 7.90. The molecule has 0 spiro atoms. The van der Waals surface area contributed by atoms with Crippen LogP contribution in [-0.2, 0) is 10.0 Å². The van der Waals surface area contributed by atoms with Crippen LogP contribution in [0, 0.1) is 0 Å². The molecule has 2 aromatic rings. The first-order valence-electron chi connectivity index (χ1n) is 6.71. The van der Waals surface area contributed by atoms with E-state index in [0.717, 1.165) is 12.8 Å². The number of sulfonamides is 1. The van der Waals surface area contributed by atoms with Crippen LogP contribution in [0.1, 0.15) is 12.8 Å². The molecule has 2 aromatic heterocycles. The van der Waals surface area contributed by atoms with E-state index in [1.54, 1.807) is 35.3 Å². The Morgan fingerprint density at radius 3 is 2.71 bits per heavy atom. The maximum Gasteiger partial charge on any atom is 0.214 e. The Balaban J connectivity index is 1.47. The van der Waals surface area contributed by atoms with Crippen LogP contribution in [0.25, 0.3) is 5.82 Å². The minimum absolute atomic E-state index is 0.189. The maximum absolute atomic E-state index is 11.6. The fraction of sp³-hybridized carbons (Fsp3) is 0.417. The van der Waals surface area contributed by atoms with Crippen LogP contribution in [-0.4, -0.2) is 46.7 Å². The largest absolute Gasteiger partial charge is 0.367 e. The number of nitrogens with zero attached hydrogens (tertiary/aromatic N) is 4. The summed E-state index contributed by atoms with van der Waals surface area (Å²) in [6, 6.07) is 5.37. The molecule has 0 saturated heterocycles. The molecule has 0 radical (unpaired) electrons. The molecular weight excluding hydrogens is 292 g/mol. The van der Waals surface area contributed by atoms with Gasteiger partial charge in [-0.3, -0.25) is 0 Å². The van der Waals surface area contributed by atoms with Crippen molar-refractivity contribution >= 4 is 15.8 Å². The number of hydrogen-bond donors (Lipinski definition) is 2. The van der Waals surface area contributed by atoms with Gasteiger partial charge in [-0.2, -0.15) is 5.10 Å². The van der Waals surface area contributed by atoms with Crippen molar-refractivity contribution in [1.29, 1.82) is 0 Å². The first-order chi connectivity index (χ1) is 10.1. The zero-order valence-electron chi connectivity index (χ0n) is 11.3. The minimum atomic E-state index is -3.12. The van der Waals surface area contributed by atoms with E-state index in [0.29, 0.717) is 24.7 Å². The summed E-state index contributed by atoms with van der Waals surface area (Å²) in [6.45, 7) is 0.795. The van der Waals surface area contributed by atoms with Gasteiger partial charge in [0.1, 0.15) is 5.82 Å². The average molecular weight is 308 g/mol. The molecule has 1 aliphatic carbocycles. The molecule has 0 bridgehead atoms. The maximum atomic E-state index is 11.6. The van der Waals surface area contributed by atoms with Gasteiger partial charge in [0.2, 0.25) is 10.0 Å². The van der Waals surface area contributed by atoms with Crippen molar-refractivity contribution in [3.8, 4) is 5.82 Å². The van der Waals surface area contributed by atoms with E-state index in [9.17, 15) is 8.42 Å². The lowest BCUT2D eigenvalue weighted by Crippen LogP contribution is -2.31. The third-order valence-corrected chi connectivity index (χ3v) is 5.04. The Bertz CT molecular complexity index is 679. The van der Waals surface area contributed by atoms with Gasteiger partial charge in [-0.15, -0.1) is 10.2 Å². The van der Waals surface area contributed by atoms with Crippen LogP contribution in [0.15, 0.2) is 30.6 Å². The zero-order valence-corrected chi connectivity index (χ0v) is 12.1. The SMILES string of the molecule is O=S(=O)(NCCNc1ccc(-n2cccn2)nn1)C1CC1. The van der Waals surface area contributed by atoms with E-state index in [1.807, 2.05) is 0 Å². The third kappa shape index (κ3) is 3.56. The molecule has 8 nitrogen and oxygen atoms in total. The lowest BCUT2D eigenvalue weighted by Gasteiger charge is -2.07. The molecule has 0 atom stereocenters. The van der Waals surface area contributed by atoms with Gasteiger partial charge < -0.3 is 5.32 Å². The van der Waals surface area contributed by atoms with E-state index in [-0.39, 0.29) is 5.25 Å². The molecule has 2 heterocycles. The van der Waals surface area contributed by atoms with Gasteiger partial charge >= 0.3 is 0 Å². The second kappa shape index (κ2) is 5.78. The number of nitrogens with one attached hydrogen (secondary N) is 2. The van der Waals surface area contributed by atoms with Crippen LogP contribution in [0.5, 0.6) is 0 Å². The van der Waals surface area contributed by atoms with Crippen molar-refractivity contribution in [2.24, 2.45) is 0 Å². The summed E-state index contributed by atoms with van der Waals surface area (Å²) in [5.41, 5.74) is 0. The summed E-state index contributed by atoms with van der Waals surface area (Å²) >= 11 is 0. The van der Waals surface area contributed by atoms with Crippen molar-refractivity contribution in [1.82, 2.24) is 24.7 Å². The zero-order chi connectivity index (χ0) is 14.7. The lowest BCUT2D eigenvalue weighted by molar-refractivity contribution is 0.581. The number of aromatic nitrogens is 4. The summed E-state index contributed by atoms with van der Waals surface area (Å²) in [5.74, 6) is 1.22. The summed E-state index contributed by atoms with van der Waals surface area (Å²) in [5, 5.41) is 14.9. The molecule has 0 aromatic carbocycles. The number of hydrogen-bond acceptors (Lipinski definition) is 6. The second-order valence-corrected chi connectivity index (χ2v) is 6.84. The molecule has 1 fully saturated rings. The molecule has 0 amide bonds. The van der Waals surface area contributed by atoms with E-state index in [1.165, 1.54) is 0 Å². The highest BCUT2D eigenvalue weighted by Crippen LogP contribution is 2.27. The second-order valence-electron chi connectivity index (χ2n) is 4.79. The molecule has 21 heavy (non-hydrogen) atoms. The molecule has 0 aliphatic heterocycles. The average Bonchev–Trinajstić information content (AvgIpc) is 3.22. The van der Waals surface area contributed by atoms with E-state index in [2.05, 4.69) is 25.3 Å². The molecule has 0 unspecified atom stereocenters. The Kier molecular flexibility index (Phi) is 3.84. The molecule has 2 N–H and O–H groups in total. The molecule has 9 heteroatoms. The highest BCUT2D eigenvalue weighted by Gasteiger charge is 2.35. The van der Waals surface area contributed by atoms with Gasteiger partial charge in [0.05, 0.1) is 5.25 Å². The Labute approximate surface area is 122 Å². The van der Waals surface area contributed by atoms with Gasteiger partial charge in [0.15, 0.2) is 5.82 Å². The normalized spacial score (nSPS) is 15.0. The molecule has 112 valence electrons. The fourth-order valence-electron chi connectivity index (χ4n) is 1.83. The van der Waals surface area contributed by atoms with E-state index < -0.39 is 10.0 Å². The van der Waals surface area contributed by atoms with Gasteiger partial charge in [0.25, 0.3) is 0 Å². The summed E-state index contributed by atoms with van der Waals surface area (Å²) in [7, 11) is -3.12. The summed E-state index contributed by atoms with van der Waals surface area (Å²) in [6.07, 6.45) is 4.98. The van der Waals surface area contributed by atoms with Crippen molar-refractivity contribution in [3.05, 3.63) is 30.6 Å². The summed E-state index contributed by atoms with van der Waals surface area (Å²) < 4.78 is 27.4. The molecule has 1 saturated carbocycles. The Hall–Kier alpha value is -2.00. The predicted molar refractivity (Wildman–Crippen MR) is 77.6 cm³/mol. The lowest BCUT2D eigenvalue weighted by atomic mass is 10.5. The van der Waals surface area contributed by atoms with Crippen LogP contribution < -0.4 is 10.0 Å². The van der Waals surface area contributed by atoms with E-state index >= 15 is 0 Å². The van der Waals surface area contributed by atoms with Gasteiger partial charge in [-0.25, -0.2) is 17.8 Å². The van der Waals surface area contributed by atoms with Crippen molar-refractivity contribution in [3.63, 3.8) is 0 Å². The predicted octanol–water partition coefficient (Wildman–Crippen LogP) is 0.156. The van der Waals surface area contributed by atoms with Crippen LogP contribution in [0.2, 0.25) is 0 Å². The van der Waals surface area contributed by atoms with Crippen LogP contribution in [0.4, 0.5) is 5.82 Å². The van der Waals surface area contributed by atoms with Crippen molar-refractivity contribution in [2.75, 3.05) is 18.4 Å². The Morgan fingerprint density at radius 2 is 2.10 bits per heavy atom. The van der Waals surface area contributed by atoms with Crippen LogP contribution in [0.3, 0.4) is 0 Å². The molecular formula is C12H16N6O2S. The molecule has 3 rings (SSSR count). The van der Waals surface area contributed by atoms with Crippen molar-refractivity contribution in [2.45, 2.75) is 18.1 Å². The topological polar surface area (TPSA) is 102 Å².